The van der Waals surface area contributed by atoms with Crippen LogP contribution in [-0.4, -0.2) is 92.4 Å². The lowest BCUT2D eigenvalue weighted by atomic mass is 9.94. The van der Waals surface area contributed by atoms with Crippen LogP contribution < -0.4 is 18.9 Å². The number of rotatable bonds is 9. The molecule has 5 rings (SSSR count). The summed E-state index contributed by atoms with van der Waals surface area (Å²) in [4.78, 5) is 30.6. The van der Waals surface area contributed by atoms with Crippen molar-refractivity contribution >= 4 is 17.4 Å². The van der Waals surface area contributed by atoms with Gasteiger partial charge in [-0.25, -0.2) is 0 Å². The van der Waals surface area contributed by atoms with Gasteiger partial charge in [-0.1, -0.05) is 6.07 Å². The molecule has 208 valence electrons. The number of Topliss-reactive ketones (excluding diaryl/α,β-unsaturated/α-hetero) is 1. The van der Waals surface area contributed by atoms with E-state index in [0.717, 1.165) is 13.1 Å². The summed E-state index contributed by atoms with van der Waals surface area (Å²) in [7, 11) is 0. The number of hydrogen-bond acceptors (Lipinski definition) is 9. The second-order valence-corrected chi connectivity index (χ2v) is 9.38. The highest BCUT2D eigenvalue weighted by Crippen LogP contribution is 2.43. The van der Waals surface area contributed by atoms with Crippen LogP contribution >= 0.6 is 0 Å². The van der Waals surface area contributed by atoms with Crippen LogP contribution in [0.1, 0.15) is 31.0 Å². The maximum atomic E-state index is 13.5. The fourth-order valence-corrected chi connectivity index (χ4v) is 5.12. The first-order chi connectivity index (χ1) is 19.0. The quantitative estimate of drug-likeness (QED) is 0.293. The number of benzene rings is 2. The minimum Gasteiger partial charge on any atom is -0.507 e. The van der Waals surface area contributed by atoms with E-state index in [1.807, 2.05) is 19.9 Å². The van der Waals surface area contributed by atoms with Gasteiger partial charge in [0.1, 0.15) is 19.0 Å². The van der Waals surface area contributed by atoms with Gasteiger partial charge in [0.25, 0.3) is 11.7 Å². The third-order valence-corrected chi connectivity index (χ3v) is 7.00. The number of carbonyl (C=O) groups excluding carboxylic acids is 2. The molecule has 39 heavy (non-hydrogen) atoms. The molecule has 0 aromatic heterocycles. The van der Waals surface area contributed by atoms with Crippen molar-refractivity contribution in [2.24, 2.45) is 0 Å². The molecule has 1 atom stereocenters. The summed E-state index contributed by atoms with van der Waals surface area (Å²) in [6.45, 7) is 9.10. The number of aliphatic hydroxyl groups excluding tert-OH is 1. The Morgan fingerprint density at radius 3 is 2.36 bits per heavy atom. The van der Waals surface area contributed by atoms with E-state index < -0.39 is 17.7 Å². The Morgan fingerprint density at radius 2 is 1.62 bits per heavy atom. The Kier molecular flexibility index (Phi) is 8.23. The normalized spacial score (nSPS) is 20.8. The second kappa shape index (κ2) is 12.0. The molecule has 2 fully saturated rings. The fraction of sp³-hybridized carbons (Fsp3) is 0.448. The minimum atomic E-state index is -0.811. The van der Waals surface area contributed by atoms with Crippen molar-refractivity contribution in [2.75, 3.05) is 65.8 Å². The van der Waals surface area contributed by atoms with Crippen molar-refractivity contribution in [1.82, 2.24) is 9.80 Å². The van der Waals surface area contributed by atoms with E-state index in [9.17, 15) is 14.7 Å². The zero-order valence-corrected chi connectivity index (χ0v) is 22.3. The molecule has 10 nitrogen and oxygen atoms in total. The van der Waals surface area contributed by atoms with Crippen molar-refractivity contribution in [3.05, 3.63) is 53.1 Å². The molecule has 0 aliphatic carbocycles. The molecule has 0 radical (unpaired) electrons. The van der Waals surface area contributed by atoms with Gasteiger partial charge >= 0.3 is 0 Å². The fourth-order valence-electron chi connectivity index (χ4n) is 5.12. The molecule has 2 saturated heterocycles. The van der Waals surface area contributed by atoms with Crippen LogP contribution in [0.15, 0.2) is 42.0 Å². The lowest BCUT2D eigenvalue weighted by molar-refractivity contribution is -0.140. The first-order valence-electron chi connectivity index (χ1n) is 13.4. The number of carbonyl (C=O) groups is 2. The molecule has 1 amide bonds. The summed E-state index contributed by atoms with van der Waals surface area (Å²) in [5.74, 6) is 0.461. The maximum absolute atomic E-state index is 13.5. The van der Waals surface area contributed by atoms with Crippen molar-refractivity contribution in [3.8, 4) is 23.0 Å². The molecule has 0 spiro atoms. The van der Waals surface area contributed by atoms with E-state index in [-0.39, 0.29) is 11.3 Å². The van der Waals surface area contributed by atoms with E-state index in [1.54, 1.807) is 30.3 Å². The van der Waals surface area contributed by atoms with Crippen molar-refractivity contribution < 1.29 is 38.4 Å². The highest BCUT2D eigenvalue weighted by Gasteiger charge is 2.46. The van der Waals surface area contributed by atoms with E-state index >= 15 is 0 Å². The Bertz CT molecular complexity index is 1250. The molecule has 10 heteroatoms. The van der Waals surface area contributed by atoms with Crippen LogP contribution in [0.5, 0.6) is 23.0 Å². The average Bonchev–Trinajstić information content (AvgIpc) is 3.22. The topological polar surface area (TPSA) is 107 Å². The standard InChI is InChI=1S/C29H34N2O8/c1-3-36-21-7-5-19(17-23(21)37-4-2)26-25(27(32)20-6-8-22-24(18-20)39-16-15-38-22)28(33)29(34)31(26)10-9-30-11-13-35-14-12-30/h5-8,17-18,26,32H,3-4,9-16H2,1-2H3/t26-/m0/s1. The Balaban J connectivity index is 1.57. The second-order valence-electron chi connectivity index (χ2n) is 9.38. The van der Waals surface area contributed by atoms with Crippen LogP contribution in [0.2, 0.25) is 0 Å². The van der Waals surface area contributed by atoms with Gasteiger partial charge in [-0.2, -0.15) is 0 Å². The predicted octanol–water partition coefficient (Wildman–Crippen LogP) is 3.01. The molecule has 3 heterocycles. The minimum absolute atomic E-state index is 0.0188. The molecule has 0 unspecified atom stereocenters. The van der Waals surface area contributed by atoms with E-state index in [1.165, 1.54) is 4.90 Å². The van der Waals surface area contributed by atoms with Crippen LogP contribution in [0, 0.1) is 0 Å². The number of nitrogens with zero attached hydrogens (tertiary/aromatic N) is 2. The largest absolute Gasteiger partial charge is 0.507 e. The van der Waals surface area contributed by atoms with Gasteiger partial charge in [-0.3, -0.25) is 14.5 Å². The summed E-state index contributed by atoms with van der Waals surface area (Å²) in [5.41, 5.74) is 1.03. The number of likely N-dealkylation sites (tertiary alicyclic amines) is 1. The summed E-state index contributed by atoms with van der Waals surface area (Å²) in [5, 5.41) is 11.5. The van der Waals surface area contributed by atoms with Crippen molar-refractivity contribution in [1.29, 1.82) is 0 Å². The van der Waals surface area contributed by atoms with Gasteiger partial charge in [0.2, 0.25) is 0 Å². The number of ether oxygens (including phenoxy) is 5. The third kappa shape index (κ3) is 5.53. The maximum Gasteiger partial charge on any atom is 0.295 e. The molecule has 2 aromatic carbocycles. The Labute approximate surface area is 227 Å². The first-order valence-corrected chi connectivity index (χ1v) is 13.4. The van der Waals surface area contributed by atoms with Crippen LogP contribution in [-0.2, 0) is 14.3 Å². The van der Waals surface area contributed by atoms with Gasteiger partial charge in [0, 0.05) is 31.7 Å². The number of morpholine rings is 1. The molecule has 3 aliphatic heterocycles. The SMILES string of the molecule is CCOc1ccc([C@H]2C(=C(O)c3ccc4c(c3)OCCO4)C(=O)C(=O)N2CCN2CCOCC2)cc1OCC. The molecular weight excluding hydrogens is 504 g/mol. The summed E-state index contributed by atoms with van der Waals surface area (Å²) < 4.78 is 28.3. The molecular formula is C29H34N2O8. The number of fused-ring (bicyclic) bond motifs is 1. The summed E-state index contributed by atoms with van der Waals surface area (Å²) in [6, 6.07) is 9.53. The van der Waals surface area contributed by atoms with Gasteiger partial charge < -0.3 is 33.7 Å². The predicted molar refractivity (Wildman–Crippen MR) is 142 cm³/mol. The first kappa shape index (κ1) is 26.8. The number of ketones is 1. The third-order valence-electron chi connectivity index (χ3n) is 7.00. The van der Waals surface area contributed by atoms with Crippen LogP contribution in [0.3, 0.4) is 0 Å². The Hall–Kier alpha value is -3.76. The molecule has 1 N–H and O–H groups in total. The lowest BCUT2D eigenvalue weighted by Crippen LogP contribution is -2.42. The number of hydrogen-bond donors (Lipinski definition) is 1. The van der Waals surface area contributed by atoms with Gasteiger partial charge in [0.05, 0.1) is 38.0 Å². The highest BCUT2D eigenvalue weighted by atomic mass is 16.6. The average molecular weight is 539 g/mol. The van der Waals surface area contributed by atoms with E-state index in [0.29, 0.717) is 86.9 Å². The molecule has 2 aromatic rings. The van der Waals surface area contributed by atoms with Gasteiger partial charge in [-0.15, -0.1) is 0 Å². The zero-order chi connectivity index (χ0) is 27.4. The highest BCUT2D eigenvalue weighted by molar-refractivity contribution is 6.46. The smallest absolute Gasteiger partial charge is 0.295 e. The van der Waals surface area contributed by atoms with E-state index in [4.69, 9.17) is 23.7 Å². The Morgan fingerprint density at radius 1 is 0.897 bits per heavy atom. The summed E-state index contributed by atoms with van der Waals surface area (Å²) in [6.07, 6.45) is 0. The molecule has 3 aliphatic rings. The number of aliphatic hydroxyl groups is 1. The molecule has 0 saturated carbocycles. The zero-order valence-electron chi connectivity index (χ0n) is 22.3. The van der Waals surface area contributed by atoms with Crippen LogP contribution in [0.4, 0.5) is 0 Å². The number of amides is 1. The van der Waals surface area contributed by atoms with Gasteiger partial charge in [-0.05, 0) is 49.7 Å². The van der Waals surface area contributed by atoms with Crippen LogP contribution in [0.25, 0.3) is 5.76 Å². The monoisotopic (exact) mass is 538 g/mol. The molecule has 0 bridgehead atoms. The van der Waals surface area contributed by atoms with Crippen molar-refractivity contribution in [2.45, 2.75) is 19.9 Å². The lowest BCUT2D eigenvalue weighted by Gasteiger charge is -2.31. The van der Waals surface area contributed by atoms with Crippen molar-refractivity contribution in [3.63, 3.8) is 0 Å². The van der Waals surface area contributed by atoms with Gasteiger partial charge in [0.15, 0.2) is 23.0 Å². The summed E-state index contributed by atoms with van der Waals surface area (Å²) >= 11 is 0. The van der Waals surface area contributed by atoms with E-state index in [2.05, 4.69) is 4.90 Å².